The van der Waals surface area contributed by atoms with Gasteiger partial charge in [-0.15, -0.1) is 0 Å². The molecule has 1 aromatic rings. The molecule has 0 aliphatic heterocycles. The molecule has 3 heteroatoms. The number of nitrogens with zero attached hydrogens (tertiary/aromatic N) is 2. The summed E-state index contributed by atoms with van der Waals surface area (Å²) in [7, 11) is 0. The van der Waals surface area contributed by atoms with E-state index in [1.54, 1.807) is 0 Å². The van der Waals surface area contributed by atoms with Gasteiger partial charge in [0.05, 0.1) is 5.69 Å². The van der Waals surface area contributed by atoms with Gasteiger partial charge in [0, 0.05) is 18.8 Å². The summed E-state index contributed by atoms with van der Waals surface area (Å²) in [4.78, 5) is 0. The highest BCUT2D eigenvalue weighted by Gasteiger charge is 2.42. The molecule has 102 valence electrons. The van der Waals surface area contributed by atoms with Gasteiger partial charge >= 0.3 is 0 Å². The number of nitrogens with one attached hydrogen (secondary N) is 1. The van der Waals surface area contributed by atoms with Crippen molar-refractivity contribution in [1.29, 1.82) is 0 Å². The van der Waals surface area contributed by atoms with Crippen molar-refractivity contribution in [2.75, 3.05) is 13.1 Å². The Labute approximate surface area is 111 Å². The average molecular weight is 249 g/mol. The fraction of sp³-hybridized carbons (Fsp3) is 0.800. The molecule has 18 heavy (non-hydrogen) atoms. The molecule has 3 nitrogen and oxygen atoms in total. The van der Waals surface area contributed by atoms with Crippen LogP contribution in [0.15, 0.2) is 6.07 Å². The fourth-order valence-electron chi connectivity index (χ4n) is 2.61. The molecule has 0 atom stereocenters. The van der Waals surface area contributed by atoms with Gasteiger partial charge in [0.25, 0.3) is 0 Å². The zero-order valence-electron chi connectivity index (χ0n) is 12.1. The van der Waals surface area contributed by atoms with E-state index in [-0.39, 0.29) is 0 Å². The van der Waals surface area contributed by atoms with Crippen molar-refractivity contribution in [2.24, 2.45) is 5.41 Å². The first-order valence-corrected chi connectivity index (χ1v) is 7.49. The Morgan fingerprint density at radius 3 is 2.67 bits per heavy atom. The Balaban J connectivity index is 1.97. The van der Waals surface area contributed by atoms with Crippen LogP contribution in [0.25, 0.3) is 0 Å². The molecule has 0 aromatic carbocycles. The average Bonchev–Trinajstić information content (AvgIpc) is 3.02. The van der Waals surface area contributed by atoms with Crippen LogP contribution in [0.3, 0.4) is 0 Å². The van der Waals surface area contributed by atoms with E-state index in [0.717, 1.165) is 19.5 Å². The van der Waals surface area contributed by atoms with E-state index in [2.05, 4.69) is 41.9 Å². The third kappa shape index (κ3) is 3.14. The summed E-state index contributed by atoms with van der Waals surface area (Å²) in [5, 5.41) is 8.24. The summed E-state index contributed by atoms with van der Waals surface area (Å²) in [5.41, 5.74) is 3.21. The van der Waals surface area contributed by atoms with E-state index in [1.807, 2.05) is 0 Å². The number of rotatable bonds is 8. The lowest BCUT2D eigenvalue weighted by Gasteiger charge is -2.16. The molecular weight excluding hydrogens is 222 g/mol. The van der Waals surface area contributed by atoms with Gasteiger partial charge in [0.15, 0.2) is 0 Å². The Kier molecular flexibility index (Phi) is 4.44. The van der Waals surface area contributed by atoms with Crippen molar-refractivity contribution in [3.05, 3.63) is 17.5 Å². The number of aromatic nitrogens is 2. The molecule has 0 saturated heterocycles. The van der Waals surface area contributed by atoms with Gasteiger partial charge in [-0.2, -0.15) is 5.10 Å². The maximum absolute atomic E-state index is 4.65. The molecule has 1 N–H and O–H groups in total. The Hall–Kier alpha value is -0.830. The smallest absolute Gasteiger partial charge is 0.0624 e. The first kappa shape index (κ1) is 13.6. The molecule has 2 rings (SSSR count). The second-order valence-corrected chi connectivity index (χ2v) is 5.65. The topological polar surface area (TPSA) is 29.9 Å². The first-order chi connectivity index (χ1) is 8.73. The van der Waals surface area contributed by atoms with Crippen LogP contribution in [0, 0.1) is 5.41 Å². The molecule has 0 unspecified atom stereocenters. The van der Waals surface area contributed by atoms with E-state index in [9.17, 15) is 0 Å². The SMILES string of the molecule is CCCNCC1(Cc2cc(CC)nn2CC)CC1. The molecule has 1 aliphatic carbocycles. The van der Waals surface area contributed by atoms with E-state index in [1.165, 1.54) is 43.6 Å². The number of hydrogen-bond acceptors (Lipinski definition) is 2. The maximum Gasteiger partial charge on any atom is 0.0624 e. The Bertz CT molecular complexity index is 377. The standard InChI is InChI=1S/C15H27N3/c1-4-9-16-12-15(7-8-15)11-14-10-13(5-2)17-18(14)6-3/h10,16H,4-9,11-12H2,1-3H3. The monoisotopic (exact) mass is 249 g/mol. The molecule has 1 aliphatic rings. The van der Waals surface area contributed by atoms with Crippen molar-refractivity contribution in [3.63, 3.8) is 0 Å². The van der Waals surface area contributed by atoms with Crippen LogP contribution in [0.5, 0.6) is 0 Å². The van der Waals surface area contributed by atoms with Crippen molar-refractivity contribution in [1.82, 2.24) is 15.1 Å². The van der Waals surface area contributed by atoms with Gasteiger partial charge in [-0.1, -0.05) is 13.8 Å². The van der Waals surface area contributed by atoms with Gasteiger partial charge in [-0.3, -0.25) is 4.68 Å². The van der Waals surface area contributed by atoms with Crippen LogP contribution in [-0.2, 0) is 19.4 Å². The highest BCUT2D eigenvalue weighted by Crippen LogP contribution is 2.47. The van der Waals surface area contributed by atoms with E-state index >= 15 is 0 Å². The first-order valence-electron chi connectivity index (χ1n) is 7.49. The van der Waals surface area contributed by atoms with Gasteiger partial charge in [-0.25, -0.2) is 0 Å². The maximum atomic E-state index is 4.65. The van der Waals surface area contributed by atoms with Crippen LogP contribution in [0.2, 0.25) is 0 Å². The summed E-state index contributed by atoms with van der Waals surface area (Å²) >= 11 is 0. The summed E-state index contributed by atoms with van der Waals surface area (Å²) in [6.07, 6.45) is 6.22. The molecular formula is C15H27N3. The fourth-order valence-corrected chi connectivity index (χ4v) is 2.61. The Morgan fingerprint density at radius 2 is 2.11 bits per heavy atom. The minimum absolute atomic E-state index is 0.535. The third-order valence-electron chi connectivity index (χ3n) is 4.02. The third-order valence-corrected chi connectivity index (χ3v) is 4.02. The van der Waals surface area contributed by atoms with E-state index < -0.39 is 0 Å². The van der Waals surface area contributed by atoms with Crippen LogP contribution < -0.4 is 5.32 Å². The normalized spacial score (nSPS) is 17.1. The molecule has 1 aromatic heterocycles. The van der Waals surface area contributed by atoms with Crippen LogP contribution in [-0.4, -0.2) is 22.9 Å². The van der Waals surface area contributed by atoms with Crippen LogP contribution in [0.1, 0.15) is 51.4 Å². The summed E-state index contributed by atoms with van der Waals surface area (Å²) in [6, 6.07) is 2.31. The van der Waals surface area contributed by atoms with Crippen LogP contribution in [0.4, 0.5) is 0 Å². The highest BCUT2D eigenvalue weighted by molar-refractivity contribution is 5.15. The van der Waals surface area contributed by atoms with Gasteiger partial charge in [-0.05, 0) is 57.1 Å². The summed E-state index contributed by atoms with van der Waals surface area (Å²) in [5.74, 6) is 0. The molecule has 1 saturated carbocycles. The zero-order valence-corrected chi connectivity index (χ0v) is 12.1. The quantitative estimate of drug-likeness (QED) is 0.718. The number of aryl methyl sites for hydroxylation is 2. The minimum Gasteiger partial charge on any atom is -0.316 e. The lowest BCUT2D eigenvalue weighted by Crippen LogP contribution is -2.26. The second-order valence-electron chi connectivity index (χ2n) is 5.65. The molecule has 0 amide bonds. The lowest BCUT2D eigenvalue weighted by atomic mass is 9.99. The molecule has 0 bridgehead atoms. The van der Waals surface area contributed by atoms with Crippen molar-refractivity contribution in [3.8, 4) is 0 Å². The predicted octanol–water partition coefficient (Wildman–Crippen LogP) is 2.79. The van der Waals surface area contributed by atoms with E-state index in [0.29, 0.717) is 5.41 Å². The summed E-state index contributed by atoms with van der Waals surface area (Å²) in [6.45, 7) is 9.92. The van der Waals surface area contributed by atoms with Gasteiger partial charge in [0.1, 0.15) is 0 Å². The second kappa shape index (κ2) is 5.87. The van der Waals surface area contributed by atoms with Crippen molar-refractivity contribution < 1.29 is 0 Å². The van der Waals surface area contributed by atoms with Gasteiger partial charge < -0.3 is 5.32 Å². The molecule has 0 radical (unpaired) electrons. The molecule has 1 heterocycles. The number of hydrogen-bond donors (Lipinski definition) is 1. The van der Waals surface area contributed by atoms with E-state index in [4.69, 9.17) is 0 Å². The largest absolute Gasteiger partial charge is 0.316 e. The van der Waals surface area contributed by atoms with Crippen molar-refractivity contribution in [2.45, 2.75) is 59.4 Å². The lowest BCUT2D eigenvalue weighted by molar-refractivity contribution is 0.437. The van der Waals surface area contributed by atoms with Gasteiger partial charge in [0.2, 0.25) is 0 Å². The molecule has 0 spiro atoms. The van der Waals surface area contributed by atoms with Crippen LogP contribution >= 0.6 is 0 Å². The summed E-state index contributed by atoms with van der Waals surface area (Å²) < 4.78 is 2.19. The Morgan fingerprint density at radius 1 is 1.33 bits per heavy atom. The minimum atomic E-state index is 0.535. The van der Waals surface area contributed by atoms with Crippen molar-refractivity contribution >= 4 is 0 Å². The predicted molar refractivity (Wildman–Crippen MR) is 75.8 cm³/mol. The highest BCUT2D eigenvalue weighted by atomic mass is 15.3. The zero-order chi connectivity index (χ0) is 13.0. The molecule has 1 fully saturated rings.